The van der Waals surface area contributed by atoms with E-state index in [0.717, 1.165) is 4.47 Å². The molecule has 0 spiro atoms. The highest BCUT2D eigenvalue weighted by Crippen LogP contribution is 2.64. The number of phenolic OH excluding ortho intramolecular Hbond substituents is 1. The van der Waals surface area contributed by atoms with E-state index in [-0.39, 0.29) is 24.7 Å². The molecule has 48 heavy (non-hydrogen) atoms. The van der Waals surface area contributed by atoms with E-state index >= 15 is 9.18 Å². The molecule has 7 nitrogen and oxygen atoms in total. The molecule has 4 aromatic carbocycles. The number of rotatable bonds is 4. The fourth-order valence-electron chi connectivity index (χ4n) is 8.67. The summed E-state index contributed by atoms with van der Waals surface area (Å²) < 4.78 is 16.0. The molecule has 2 saturated heterocycles. The van der Waals surface area contributed by atoms with Crippen LogP contribution in [0.4, 0.5) is 15.8 Å². The quantitative estimate of drug-likeness (QED) is 0.176. The van der Waals surface area contributed by atoms with E-state index < -0.39 is 58.4 Å². The van der Waals surface area contributed by atoms with Gasteiger partial charge in [-0.05, 0) is 84.5 Å². The van der Waals surface area contributed by atoms with Crippen molar-refractivity contribution < 1.29 is 28.7 Å². The van der Waals surface area contributed by atoms with E-state index in [4.69, 9.17) is 11.6 Å². The Hall–Kier alpha value is -4.60. The van der Waals surface area contributed by atoms with Crippen LogP contribution in [-0.2, 0) is 24.6 Å². The van der Waals surface area contributed by atoms with Crippen molar-refractivity contribution in [2.45, 2.75) is 24.2 Å². The van der Waals surface area contributed by atoms with E-state index in [9.17, 15) is 19.5 Å². The molecule has 4 aliphatic rings. The Morgan fingerprint density at radius 2 is 1.54 bits per heavy atom. The second-order valence-electron chi connectivity index (χ2n) is 12.8. The van der Waals surface area contributed by atoms with Gasteiger partial charge in [0.15, 0.2) is 11.6 Å². The summed E-state index contributed by atoms with van der Waals surface area (Å²) in [4.78, 5) is 60.5. The minimum atomic E-state index is -1.53. The van der Waals surface area contributed by atoms with Crippen molar-refractivity contribution in [3.8, 4) is 5.75 Å². The van der Waals surface area contributed by atoms with Gasteiger partial charge >= 0.3 is 0 Å². The predicted molar refractivity (Wildman–Crippen MR) is 181 cm³/mol. The van der Waals surface area contributed by atoms with Crippen LogP contribution < -0.4 is 9.80 Å². The molecule has 8 rings (SSSR count). The molecule has 1 saturated carbocycles. The van der Waals surface area contributed by atoms with Gasteiger partial charge < -0.3 is 5.11 Å². The van der Waals surface area contributed by atoms with E-state index in [1.165, 1.54) is 21.9 Å². The molecule has 0 aromatic heterocycles. The molecule has 3 fully saturated rings. The van der Waals surface area contributed by atoms with Gasteiger partial charge in [-0.25, -0.2) is 9.29 Å². The van der Waals surface area contributed by atoms with E-state index in [0.29, 0.717) is 33.1 Å². The van der Waals surface area contributed by atoms with Gasteiger partial charge in [-0.1, -0.05) is 81.6 Å². The number of imide groups is 2. The molecule has 4 amide bonds. The number of phenols is 1. The second kappa shape index (κ2) is 11.2. The topological polar surface area (TPSA) is 95.0 Å². The number of nitrogens with zero attached hydrogens (tertiary/aromatic N) is 2. The Labute approximate surface area is 288 Å². The van der Waals surface area contributed by atoms with Crippen LogP contribution in [0.15, 0.2) is 113 Å². The fourth-order valence-corrected chi connectivity index (χ4v) is 9.11. The Kier molecular flexibility index (Phi) is 7.19. The standard InChI is InChI=1S/C38H27BrClFN2O5/c39-22-10-12-24(13-11-22)42-34(45)27-15-14-26-28(32(27)36(42)47)19-29-35(46)43(25-8-4-7-23(40)18-25)37(48)38(29,21-5-2-1-3-6-21)33(26)20-9-16-31(44)30(41)17-20/h1-14,16-18,27-29,32-33,44H,15,19H2. The van der Waals surface area contributed by atoms with Crippen LogP contribution in [0.2, 0.25) is 5.02 Å². The minimum absolute atomic E-state index is 0.119. The van der Waals surface area contributed by atoms with Crippen LogP contribution >= 0.6 is 27.5 Å². The van der Waals surface area contributed by atoms with Gasteiger partial charge in [0.05, 0.1) is 34.5 Å². The van der Waals surface area contributed by atoms with Crippen LogP contribution in [0.1, 0.15) is 29.9 Å². The average Bonchev–Trinajstić information content (AvgIpc) is 3.47. The molecular formula is C38H27BrClFN2O5. The molecule has 0 bridgehead atoms. The van der Waals surface area contributed by atoms with Crippen molar-refractivity contribution in [3.63, 3.8) is 0 Å². The van der Waals surface area contributed by atoms with Gasteiger partial charge in [0.2, 0.25) is 23.6 Å². The zero-order valence-corrected chi connectivity index (χ0v) is 27.6. The number of allylic oxidation sites excluding steroid dienone is 2. The summed E-state index contributed by atoms with van der Waals surface area (Å²) in [7, 11) is 0. The summed E-state index contributed by atoms with van der Waals surface area (Å²) in [6.45, 7) is 0. The Balaban J connectivity index is 1.35. The summed E-state index contributed by atoms with van der Waals surface area (Å²) in [5.41, 5.74) is 0.883. The van der Waals surface area contributed by atoms with Crippen molar-refractivity contribution in [2.24, 2.45) is 23.7 Å². The summed E-state index contributed by atoms with van der Waals surface area (Å²) in [6, 6.07) is 26.5. The fraction of sp³-hybridized carbons (Fsp3) is 0.211. The average molecular weight is 726 g/mol. The van der Waals surface area contributed by atoms with Gasteiger partial charge in [0, 0.05) is 15.4 Å². The first-order chi connectivity index (χ1) is 23.1. The third-order valence-corrected chi connectivity index (χ3v) is 11.3. The maximum absolute atomic E-state index is 15.2. The summed E-state index contributed by atoms with van der Waals surface area (Å²) in [5.74, 6) is -6.97. The van der Waals surface area contributed by atoms with Gasteiger partial charge in [0.1, 0.15) is 0 Å². The van der Waals surface area contributed by atoms with E-state index in [2.05, 4.69) is 15.9 Å². The lowest BCUT2D eigenvalue weighted by atomic mass is 9.49. The normalized spacial score (nSPS) is 27.9. The molecule has 240 valence electrons. The van der Waals surface area contributed by atoms with Gasteiger partial charge in [-0.3, -0.25) is 24.1 Å². The van der Waals surface area contributed by atoms with Crippen LogP contribution in [0.3, 0.4) is 0 Å². The second-order valence-corrected chi connectivity index (χ2v) is 14.1. The summed E-state index contributed by atoms with van der Waals surface area (Å²) in [5, 5.41) is 10.5. The molecule has 2 heterocycles. The largest absolute Gasteiger partial charge is 0.505 e. The smallest absolute Gasteiger partial charge is 0.246 e. The first-order valence-electron chi connectivity index (χ1n) is 15.6. The number of aromatic hydroxyl groups is 1. The van der Waals surface area contributed by atoms with Gasteiger partial charge in [-0.15, -0.1) is 0 Å². The molecule has 6 atom stereocenters. The zero-order chi connectivity index (χ0) is 33.5. The van der Waals surface area contributed by atoms with Crippen LogP contribution in [0.5, 0.6) is 5.75 Å². The van der Waals surface area contributed by atoms with Crippen LogP contribution in [0, 0.1) is 29.5 Å². The number of carbonyl (C=O) groups excluding carboxylic acids is 4. The maximum atomic E-state index is 15.2. The van der Waals surface area contributed by atoms with Crippen molar-refractivity contribution in [1.29, 1.82) is 0 Å². The molecule has 10 heteroatoms. The number of hydrogen-bond donors (Lipinski definition) is 1. The van der Waals surface area contributed by atoms with Crippen LogP contribution in [0.25, 0.3) is 0 Å². The molecule has 0 radical (unpaired) electrons. The number of anilines is 2. The number of fused-ring (bicyclic) bond motifs is 4. The lowest BCUT2D eigenvalue weighted by molar-refractivity contribution is -0.127. The molecular weight excluding hydrogens is 699 g/mol. The lowest BCUT2D eigenvalue weighted by Crippen LogP contribution is -2.53. The van der Waals surface area contributed by atoms with Gasteiger partial charge in [-0.2, -0.15) is 0 Å². The van der Waals surface area contributed by atoms with E-state index in [1.807, 2.05) is 12.1 Å². The van der Waals surface area contributed by atoms with Crippen LogP contribution in [-0.4, -0.2) is 28.7 Å². The van der Waals surface area contributed by atoms with Gasteiger partial charge in [0.25, 0.3) is 0 Å². The molecule has 6 unspecified atom stereocenters. The van der Waals surface area contributed by atoms with Crippen molar-refractivity contribution in [3.05, 3.63) is 135 Å². The lowest BCUT2D eigenvalue weighted by Gasteiger charge is -2.50. The Morgan fingerprint density at radius 3 is 2.25 bits per heavy atom. The summed E-state index contributed by atoms with van der Waals surface area (Å²) in [6.07, 6.45) is 2.27. The highest BCUT2D eigenvalue weighted by Gasteiger charge is 2.70. The van der Waals surface area contributed by atoms with Crippen molar-refractivity contribution in [2.75, 3.05) is 9.80 Å². The number of halogens is 3. The number of benzene rings is 4. The Morgan fingerprint density at radius 1 is 0.792 bits per heavy atom. The first kappa shape index (κ1) is 30.7. The van der Waals surface area contributed by atoms with Crippen molar-refractivity contribution in [1.82, 2.24) is 0 Å². The monoisotopic (exact) mass is 724 g/mol. The zero-order valence-electron chi connectivity index (χ0n) is 25.2. The Bertz CT molecular complexity index is 2070. The molecule has 4 aromatic rings. The predicted octanol–water partition coefficient (Wildman–Crippen LogP) is 7.31. The maximum Gasteiger partial charge on any atom is 0.246 e. The third kappa shape index (κ3) is 4.30. The molecule has 1 N–H and O–H groups in total. The van der Waals surface area contributed by atoms with Crippen molar-refractivity contribution >= 4 is 62.5 Å². The SMILES string of the molecule is O=C1C2CC=C3C(CC4C(=O)N(c5cccc(Cl)c5)C(=O)C4(c4ccccc4)C3c3ccc(O)c(F)c3)C2C(=O)N1c1ccc(Br)cc1. The summed E-state index contributed by atoms with van der Waals surface area (Å²) >= 11 is 9.75. The number of hydrogen-bond acceptors (Lipinski definition) is 5. The van der Waals surface area contributed by atoms with E-state index in [1.54, 1.807) is 78.9 Å². The highest BCUT2D eigenvalue weighted by molar-refractivity contribution is 9.10. The number of amides is 4. The highest BCUT2D eigenvalue weighted by atomic mass is 79.9. The first-order valence-corrected chi connectivity index (χ1v) is 16.8. The number of carbonyl (C=O) groups is 4. The molecule has 2 aliphatic heterocycles. The third-order valence-electron chi connectivity index (χ3n) is 10.6. The minimum Gasteiger partial charge on any atom is -0.505 e. The molecule has 2 aliphatic carbocycles.